The van der Waals surface area contributed by atoms with E-state index < -0.39 is 24.1 Å². The molecule has 0 aromatic carbocycles. The van der Waals surface area contributed by atoms with Crippen molar-refractivity contribution < 1.29 is 14.9 Å². The van der Waals surface area contributed by atoms with Gasteiger partial charge in [-0.2, -0.15) is 4.98 Å². The molecule has 0 radical (unpaired) electrons. The van der Waals surface area contributed by atoms with E-state index in [4.69, 9.17) is 15.6 Å². The molecule has 1 fully saturated rings. The summed E-state index contributed by atoms with van der Waals surface area (Å²) in [7, 11) is 0. The average molecular weight is 267 g/mol. The molecule has 0 spiro atoms. The number of hydrogen-bond acceptors (Lipinski definition) is 6. The number of aliphatic hydroxyl groups excluding tert-OH is 2. The van der Waals surface area contributed by atoms with Crippen molar-refractivity contribution in [2.75, 3.05) is 12.3 Å². The maximum atomic E-state index is 11.8. The van der Waals surface area contributed by atoms with Crippen LogP contribution in [0.2, 0.25) is 0 Å². The Morgan fingerprint density at radius 2 is 2.37 bits per heavy atom. The van der Waals surface area contributed by atoms with Crippen LogP contribution in [0.4, 0.5) is 5.82 Å². The molecule has 19 heavy (non-hydrogen) atoms. The van der Waals surface area contributed by atoms with Gasteiger partial charge in [0.2, 0.25) is 0 Å². The van der Waals surface area contributed by atoms with Crippen LogP contribution in [0.25, 0.3) is 0 Å². The Kier molecular flexibility index (Phi) is 3.98. The fourth-order valence-corrected chi connectivity index (χ4v) is 2.30. The van der Waals surface area contributed by atoms with E-state index in [1.54, 1.807) is 6.08 Å². The van der Waals surface area contributed by atoms with Crippen molar-refractivity contribution in [3.8, 4) is 0 Å². The molecule has 7 heteroatoms. The summed E-state index contributed by atoms with van der Waals surface area (Å²) < 4.78 is 6.80. The predicted octanol–water partition coefficient (Wildman–Crippen LogP) is -0.732. The standard InChI is InChI=1S/C12H17N3O4/c1-2-3-7-10(17)8(6-16)19-11(7)15-5-4-9(13)14-12(15)18/h2,4-5,7-8,10-11,16-17H,1,3,6H2,(H2,13,14,18)/t7-,8-,10+,11-/m1/s1. The highest BCUT2D eigenvalue weighted by atomic mass is 16.5. The monoisotopic (exact) mass is 267 g/mol. The van der Waals surface area contributed by atoms with E-state index in [1.165, 1.54) is 16.8 Å². The molecule has 1 aliphatic heterocycles. The number of anilines is 1. The second kappa shape index (κ2) is 5.52. The number of ether oxygens (including phenoxy) is 1. The number of nitrogens with two attached hydrogens (primary N) is 1. The van der Waals surface area contributed by atoms with Crippen LogP contribution in [0, 0.1) is 5.92 Å². The van der Waals surface area contributed by atoms with Crippen LogP contribution in [0.5, 0.6) is 0 Å². The molecule has 4 atom stereocenters. The lowest BCUT2D eigenvalue weighted by Gasteiger charge is -2.20. The third-order valence-electron chi connectivity index (χ3n) is 3.24. The van der Waals surface area contributed by atoms with Crippen LogP contribution in [-0.2, 0) is 4.74 Å². The van der Waals surface area contributed by atoms with Gasteiger partial charge in [-0.05, 0) is 12.5 Å². The molecule has 7 nitrogen and oxygen atoms in total. The Morgan fingerprint density at radius 1 is 1.63 bits per heavy atom. The molecule has 1 aromatic rings. The van der Waals surface area contributed by atoms with Gasteiger partial charge in [0.1, 0.15) is 18.1 Å². The predicted molar refractivity (Wildman–Crippen MR) is 68.2 cm³/mol. The Labute approximate surface area is 110 Å². The van der Waals surface area contributed by atoms with Gasteiger partial charge >= 0.3 is 5.69 Å². The zero-order valence-electron chi connectivity index (χ0n) is 10.3. The van der Waals surface area contributed by atoms with Gasteiger partial charge in [0.05, 0.1) is 12.7 Å². The van der Waals surface area contributed by atoms with Crippen LogP contribution >= 0.6 is 0 Å². The van der Waals surface area contributed by atoms with Gasteiger partial charge in [0.15, 0.2) is 0 Å². The van der Waals surface area contributed by atoms with Crippen LogP contribution < -0.4 is 11.4 Å². The smallest absolute Gasteiger partial charge is 0.351 e. The summed E-state index contributed by atoms with van der Waals surface area (Å²) in [5.41, 5.74) is 4.88. The van der Waals surface area contributed by atoms with Crippen molar-refractivity contribution in [2.24, 2.45) is 5.92 Å². The second-order valence-electron chi connectivity index (χ2n) is 4.47. The zero-order chi connectivity index (χ0) is 14.0. The van der Waals surface area contributed by atoms with E-state index in [0.29, 0.717) is 6.42 Å². The first kappa shape index (κ1) is 13.7. The van der Waals surface area contributed by atoms with Crippen LogP contribution in [0.1, 0.15) is 12.6 Å². The molecular weight excluding hydrogens is 250 g/mol. The van der Waals surface area contributed by atoms with E-state index in [2.05, 4.69) is 11.6 Å². The van der Waals surface area contributed by atoms with Crippen molar-refractivity contribution in [2.45, 2.75) is 24.9 Å². The van der Waals surface area contributed by atoms with Crippen molar-refractivity contribution in [1.82, 2.24) is 9.55 Å². The van der Waals surface area contributed by atoms with Gasteiger partial charge in [-0.15, -0.1) is 6.58 Å². The SMILES string of the molecule is C=CC[C@@H]1[C@H](O)[C@@H](CO)O[C@H]1n1ccc(N)nc1=O. The third kappa shape index (κ3) is 2.53. The van der Waals surface area contributed by atoms with Crippen LogP contribution in [0.15, 0.2) is 29.7 Å². The van der Waals surface area contributed by atoms with E-state index >= 15 is 0 Å². The first-order chi connectivity index (χ1) is 9.08. The zero-order valence-corrected chi connectivity index (χ0v) is 10.3. The summed E-state index contributed by atoms with van der Waals surface area (Å²) in [5.74, 6) is -0.239. The number of aliphatic hydroxyl groups is 2. The highest BCUT2D eigenvalue weighted by molar-refractivity contribution is 5.23. The first-order valence-electron chi connectivity index (χ1n) is 5.98. The Balaban J connectivity index is 2.36. The maximum absolute atomic E-state index is 11.8. The largest absolute Gasteiger partial charge is 0.394 e. The number of allylic oxidation sites excluding steroid dienone is 1. The van der Waals surface area contributed by atoms with Gasteiger partial charge in [0, 0.05) is 12.1 Å². The number of nitrogens with zero attached hydrogens (tertiary/aromatic N) is 2. The Morgan fingerprint density at radius 3 is 2.95 bits per heavy atom. The molecule has 0 aliphatic carbocycles. The number of rotatable bonds is 4. The lowest BCUT2D eigenvalue weighted by molar-refractivity contribution is -0.0479. The lowest BCUT2D eigenvalue weighted by atomic mass is 9.96. The summed E-state index contributed by atoms with van der Waals surface area (Å²) >= 11 is 0. The molecular formula is C12H17N3O4. The van der Waals surface area contributed by atoms with Crippen molar-refractivity contribution >= 4 is 5.82 Å². The summed E-state index contributed by atoms with van der Waals surface area (Å²) in [6.45, 7) is 3.30. The minimum atomic E-state index is -0.863. The normalized spacial score (nSPS) is 30.4. The Hall–Kier alpha value is -1.70. The molecule has 1 saturated heterocycles. The summed E-state index contributed by atoms with van der Waals surface area (Å²) in [6, 6.07) is 1.48. The van der Waals surface area contributed by atoms with E-state index in [9.17, 15) is 9.90 Å². The molecule has 0 bridgehead atoms. The van der Waals surface area contributed by atoms with Gasteiger partial charge in [-0.25, -0.2) is 4.79 Å². The van der Waals surface area contributed by atoms with Crippen molar-refractivity contribution in [1.29, 1.82) is 0 Å². The number of aromatic nitrogens is 2. The summed E-state index contributed by atoms with van der Waals surface area (Å²) in [6.07, 6.45) is 1.29. The summed E-state index contributed by atoms with van der Waals surface area (Å²) in [5, 5.41) is 19.2. The molecule has 0 amide bonds. The number of nitrogen functional groups attached to an aromatic ring is 1. The lowest BCUT2D eigenvalue weighted by Crippen LogP contribution is -2.32. The van der Waals surface area contributed by atoms with Crippen molar-refractivity contribution in [3.63, 3.8) is 0 Å². The molecule has 104 valence electrons. The highest BCUT2D eigenvalue weighted by Crippen LogP contribution is 2.36. The van der Waals surface area contributed by atoms with Crippen LogP contribution in [-0.4, -0.2) is 38.6 Å². The second-order valence-corrected chi connectivity index (χ2v) is 4.47. The maximum Gasteiger partial charge on any atom is 0.351 e. The molecule has 0 saturated carbocycles. The average Bonchev–Trinajstić information content (AvgIpc) is 2.68. The van der Waals surface area contributed by atoms with Crippen molar-refractivity contribution in [3.05, 3.63) is 35.4 Å². The fourth-order valence-electron chi connectivity index (χ4n) is 2.30. The quantitative estimate of drug-likeness (QED) is 0.620. The van der Waals surface area contributed by atoms with Gasteiger partial charge in [0.25, 0.3) is 0 Å². The molecule has 1 aliphatic rings. The van der Waals surface area contributed by atoms with E-state index in [1.807, 2.05) is 0 Å². The highest BCUT2D eigenvalue weighted by Gasteiger charge is 2.43. The van der Waals surface area contributed by atoms with Gasteiger partial charge < -0.3 is 20.7 Å². The van der Waals surface area contributed by atoms with E-state index in [-0.39, 0.29) is 18.3 Å². The van der Waals surface area contributed by atoms with Crippen LogP contribution in [0.3, 0.4) is 0 Å². The van der Waals surface area contributed by atoms with Gasteiger partial charge in [-0.3, -0.25) is 4.57 Å². The summed E-state index contributed by atoms with van der Waals surface area (Å²) in [4.78, 5) is 15.4. The molecule has 0 unspecified atom stereocenters. The molecule has 2 heterocycles. The topological polar surface area (TPSA) is 111 Å². The minimum absolute atomic E-state index is 0.124. The van der Waals surface area contributed by atoms with Gasteiger partial charge in [-0.1, -0.05) is 6.08 Å². The molecule has 4 N–H and O–H groups in total. The molecule has 1 aromatic heterocycles. The Bertz CT molecular complexity index is 516. The number of hydrogen-bond donors (Lipinski definition) is 3. The van der Waals surface area contributed by atoms with E-state index in [0.717, 1.165) is 0 Å². The fraction of sp³-hybridized carbons (Fsp3) is 0.500. The molecule has 2 rings (SSSR count). The minimum Gasteiger partial charge on any atom is -0.394 e. The first-order valence-corrected chi connectivity index (χ1v) is 5.98. The third-order valence-corrected chi connectivity index (χ3v) is 3.24.